The summed E-state index contributed by atoms with van der Waals surface area (Å²) in [5.74, 6) is -0.354. The molecule has 0 amide bonds. The molecule has 0 saturated heterocycles. The smallest absolute Gasteiger partial charge is 0.364 e. The second-order valence-electron chi connectivity index (χ2n) is 2.79. The third-order valence-corrected chi connectivity index (χ3v) is 1.97. The van der Waals surface area contributed by atoms with Crippen molar-refractivity contribution in [3.05, 3.63) is 39.4 Å². The molecule has 0 aliphatic heterocycles. The molecule has 0 unspecified atom stereocenters. The predicted molar refractivity (Wildman–Crippen MR) is 49.5 cm³/mol. The van der Waals surface area contributed by atoms with Crippen LogP contribution in [-0.2, 0) is 6.54 Å². The molecule has 0 spiro atoms. The lowest BCUT2D eigenvalue weighted by atomic mass is 10.4. The van der Waals surface area contributed by atoms with Crippen molar-refractivity contribution in [2.75, 3.05) is 0 Å². The summed E-state index contributed by atoms with van der Waals surface area (Å²) < 4.78 is 5.97. The maximum atomic E-state index is 10.5. The summed E-state index contributed by atoms with van der Waals surface area (Å²) in [6.45, 7) is 0.330. The number of hydrogen-bond donors (Lipinski definition) is 0. The van der Waals surface area contributed by atoms with Crippen LogP contribution in [0.15, 0.2) is 23.2 Å². The molecule has 2 aromatic heterocycles. The molecule has 15 heavy (non-hydrogen) atoms. The topological polar surface area (TPSA) is 87.0 Å². The van der Waals surface area contributed by atoms with Crippen molar-refractivity contribution >= 4 is 17.4 Å². The fourth-order valence-electron chi connectivity index (χ4n) is 1.08. The second kappa shape index (κ2) is 3.70. The first-order valence-electron chi connectivity index (χ1n) is 3.92. The second-order valence-corrected chi connectivity index (χ2v) is 3.20. The average Bonchev–Trinajstić information content (AvgIpc) is 2.75. The van der Waals surface area contributed by atoms with Gasteiger partial charge in [0.2, 0.25) is 0 Å². The SMILES string of the molecule is O=[N+]([O-])c1nn(Cc2cnoc2)cc1Cl. The van der Waals surface area contributed by atoms with Gasteiger partial charge in [0.25, 0.3) is 0 Å². The van der Waals surface area contributed by atoms with Crippen LogP contribution < -0.4 is 0 Å². The minimum Gasteiger partial charge on any atom is -0.364 e. The first kappa shape index (κ1) is 9.66. The quantitative estimate of drug-likeness (QED) is 0.587. The average molecular weight is 229 g/mol. The van der Waals surface area contributed by atoms with Crippen LogP contribution in [-0.4, -0.2) is 19.9 Å². The van der Waals surface area contributed by atoms with E-state index < -0.39 is 4.92 Å². The largest absolute Gasteiger partial charge is 0.408 e. The van der Waals surface area contributed by atoms with E-state index in [4.69, 9.17) is 11.6 Å². The van der Waals surface area contributed by atoms with Crippen LogP contribution in [0.25, 0.3) is 0 Å². The molecule has 78 valence electrons. The van der Waals surface area contributed by atoms with Gasteiger partial charge in [-0.1, -0.05) is 16.8 Å². The highest BCUT2D eigenvalue weighted by Gasteiger charge is 2.19. The van der Waals surface area contributed by atoms with Gasteiger partial charge in [0, 0.05) is 5.56 Å². The van der Waals surface area contributed by atoms with E-state index in [9.17, 15) is 10.1 Å². The molecule has 2 aromatic rings. The molecule has 7 nitrogen and oxygen atoms in total. The molecule has 0 N–H and O–H groups in total. The first-order valence-corrected chi connectivity index (χ1v) is 4.30. The number of nitrogens with zero attached hydrogens (tertiary/aromatic N) is 4. The Morgan fingerprint density at radius 1 is 1.67 bits per heavy atom. The lowest BCUT2D eigenvalue weighted by Crippen LogP contribution is -2.00. The van der Waals surface area contributed by atoms with Crippen molar-refractivity contribution in [1.82, 2.24) is 14.9 Å². The Morgan fingerprint density at radius 3 is 3.00 bits per heavy atom. The van der Waals surface area contributed by atoms with E-state index >= 15 is 0 Å². The van der Waals surface area contributed by atoms with Crippen molar-refractivity contribution in [3.8, 4) is 0 Å². The maximum Gasteiger partial charge on any atom is 0.408 e. The number of hydrogen-bond acceptors (Lipinski definition) is 5. The number of nitro groups is 1. The zero-order chi connectivity index (χ0) is 10.8. The molecule has 0 aliphatic rings. The van der Waals surface area contributed by atoms with Gasteiger partial charge in [-0.2, -0.15) is 4.68 Å². The van der Waals surface area contributed by atoms with Crippen molar-refractivity contribution in [2.45, 2.75) is 6.54 Å². The van der Waals surface area contributed by atoms with Crippen LogP contribution in [0.3, 0.4) is 0 Å². The van der Waals surface area contributed by atoms with Gasteiger partial charge < -0.3 is 14.6 Å². The molecular weight excluding hydrogens is 224 g/mol. The van der Waals surface area contributed by atoms with Crippen LogP contribution in [0.4, 0.5) is 5.82 Å². The lowest BCUT2D eigenvalue weighted by molar-refractivity contribution is -0.389. The molecule has 0 saturated carbocycles. The van der Waals surface area contributed by atoms with Crippen molar-refractivity contribution in [2.24, 2.45) is 0 Å². The van der Waals surface area contributed by atoms with E-state index in [1.807, 2.05) is 0 Å². The van der Waals surface area contributed by atoms with Crippen molar-refractivity contribution < 1.29 is 9.45 Å². The molecule has 0 aromatic carbocycles. The van der Waals surface area contributed by atoms with Crippen LogP contribution >= 0.6 is 11.6 Å². The fraction of sp³-hybridized carbons (Fsp3) is 0.143. The Morgan fingerprint density at radius 2 is 2.47 bits per heavy atom. The highest BCUT2D eigenvalue weighted by Crippen LogP contribution is 2.21. The number of halogens is 1. The van der Waals surface area contributed by atoms with E-state index in [1.54, 1.807) is 0 Å². The van der Waals surface area contributed by atoms with Crippen LogP contribution in [0, 0.1) is 10.1 Å². The van der Waals surface area contributed by atoms with Gasteiger partial charge in [-0.15, -0.1) is 0 Å². The van der Waals surface area contributed by atoms with E-state index in [2.05, 4.69) is 14.8 Å². The van der Waals surface area contributed by atoms with E-state index in [1.165, 1.54) is 23.3 Å². The van der Waals surface area contributed by atoms with Gasteiger partial charge in [0.1, 0.15) is 6.26 Å². The summed E-state index contributed by atoms with van der Waals surface area (Å²) in [4.78, 5) is 9.82. The summed E-state index contributed by atoms with van der Waals surface area (Å²) in [6, 6.07) is 0. The van der Waals surface area contributed by atoms with E-state index in [0.29, 0.717) is 6.54 Å². The predicted octanol–water partition coefficient (Wildman–Crippen LogP) is 1.48. The normalized spacial score (nSPS) is 10.5. The standard InChI is InChI=1S/C7H5ClN4O3/c8-6-3-11(10-7(6)12(13)14)2-5-1-9-15-4-5/h1,3-4H,2H2. The summed E-state index contributed by atoms with van der Waals surface area (Å²) in [5, 5.41) is 17.7. The van der Waals surface area contributed by atoms with Crippen molar-refractivity contribution in [1.29, 1.82) is 0 Å². The highest BCUT2D eigenvalue weighted by atomic mass is 35.5. The summed E-state index contributed by atoms with van der Waals surface area (Å²) in [7, 11) is 0. The molecule has 0 radical (unpaired) electrons. The van der Waals surface area contributed by atoms with Gasteiger partial charge in [0.05, 0.1) is 24.0 Å². The summed E-state index contributed by atoms with van der Waals surface area (Å²) in [5.41, 5.74) is 0.754. The molecule has 2 rings (SSSR count). The monoisotopic (exact) mass is 228 g/mol. The fourth-order valence-corrected chi connectivity index (χ4v) is 1.30. The molecule has 0 fully saturated rings. The van der Waals surface area contributed by atoms with Crippen LogP contribution in [0.1, 0.15) is 5.56 Å². The zero-order valence-electron chi connectivity index (χ0n) is 7.33. The van der Waals surface area contributed by atoms with Gasteiger partial charge in [-0.05, 0) is 4.92 Å². The molecule has 2 heterocycles. The Balaban J connectivity index is 2.23. The van der Waals surface area contributed by atoms with Crippen molar-refractivity contribution in [3.63, 3.8) is 0 Å². The summed E-state index contributed by atoms with van der Waals surface area (Å²) >= 11 is 5.62. The molecular formula is C7H5ClN4O3. The minimum absolute atomic E-state index is 0.0106. The Bertz CT molecular complexity index is 478. The lowest BCUT2D eigenvalue weighted by Gasteiger charge is -1.89. The van der Waals surface area contributed by atoms with Gasteiger partial charge >= 0.3 is 5.82 Å². The Kier molecular flexibility index (Phi) is 2.38. The highest BCUT2D eigenvalue weighted by molar-refractivity contribution is 6.32. The van der Waals surface area contributed by atoms with Crippen LogP contribution in [0.5, 0.6) is 0 Å². The Labute approximate surface area is 88.4 Å². The maximum absolute atomic E-state index is 10.5. The Hall–Kier alpha value is -1.89. The third-order valence-electron chi connectivity index (χ3n) is 1.70. The van der Waals surface area contributed by atoms with Crippen LogP contribution in [0.2, 0.25) is 5.02 Å². The molecule has 0 aliphatic carbocycles. The third kappa shape index (κ3) is 1.96. The van der Waals surface area contributed by atoms with E-state index in [0.717, 1.165) is 5.56 Å². The minimum atomic E-state index is -0.632. The molecule has 0 atom stereocenters. The molecule has 8 heteroatoms. The van der Waals surface area contributed by atoms with E-state index in [-0.39, 0.29) is 10.8 Å². The first-order chi connectivity index (χ1) is 7.16. The summed E-state index contributed by atoms with van der Waals surface area (Å²) in [6.07, 6.45) is 4.32. The van der Waals surface area contributed by atoms with Gasteiger partial charge in [0.15, 0.2) is 5.02 Å². The molecule has 0 bridgehead atoms. The number of rotatable bonds is 3. The van der Waals surface area contributed by atoms with Gasteiger partial charge in [-0.25, -0.2) is 0 Å². The number of aromatic nitrogens is 3. The zero-order valence-corrected chi connectivity index (χ0v) is 8.09. The van der Waals surface area contributed by atoms with Gasteiger partial charge in [-0.3, -0.25) is 0 Å².